The topological polar surface area (TPSA) is 82.1 Å². The van der Waals surface area contributed by atoms with Crippen LogP contribution in [0.3, 0.4) is 0 Å². The first-order valence-corrected chi connectivity index (χ1v) is 7.09. The Kier molecular flexibility index (Phi) is 4.17. The smallest absolute Gasteiger partial charge is 0.334 e. The van der Waals surface area contributed by atoms with Crippen molar-refractivity contribution in [1.29, 1.82) is 0 Å². The van der Waals surface area contributed by atoms with Crippen molar-refractivity contribution in [3.63, 3.8) is 0 Å². The Morgan fingerprint density at radius 1 is 1.16 bits per heavy atom. The Balaban J connectivity index is 2.02. The molecule has 0 radical (unpaired) electrons. The molecular weight excluding hydrogens is 363 g/mol. The van der Waals surface area contributed by atoms with Gasteiger partial charge in [0, 0.05) is 17.7 Å². The summed E-state index contributed by atoms with van der Waals surface area (Å²) in [4.78, 5) is 14.2. The van der Waals surface area contributed by atoms with Crippen LogP contribution in [0.25, 0.3) is 22.8 Å². The van der Waals surface area contributed by atoms with E-state index in [0.29, 0.717) is 0 Å². The molecule has 0 unspecified atom stereocenters. The van der Waals surface area contributed by atoms with Crippen molar-refractivity contribution in [1.82, 2.24) is 10.1 Å². The van der Waals surface area contributed by atoms with Crippen LogP contribution in [0.5, 0.6) is 0 Å². The number of nitrogens with zero attached hydrogens (tertiary/aromatic N) is 3. The molecule has 0 atom stereocenters. The molecule has 0 N–H and O–H groups in total. The average Bonchev–Trinajstić information content (AvgIpc) is 3.04. The zero-order valence-electron chi connectivity index (χ0n) is 12.1. The van der Waals surface area contributed by atoms with Crippen LogP contribution in [0.2, 0.25) is 5.02 Å². The van der Waals surface area contributed by atoms with Crippen molar-refractivity contribution in [2.75, 3.05) is 0 Å². The molecule has 0 amide bonds. The van der Waals surface area contributed by atoms with E-state index in [1.165, 1.54) is 24.3 Å². The predicted molar refractivity (Wildman–Crippen MR) is 81.8 cm³/mol. The van der Waals surface area contributed by atoms with Gasteiger partial charge in [0.2, 0.25) is 5.82 Å². The minimum absolute atomic E-state index is 0.0892. The second-order valence-corrected chi connectivity index (χ2v) is 5.33. The fourth-order valence-corrected chi connectivity index (χ4v) is 2.27. The van der Waals surface area contributed by atoms with Gasteiger partial charge in [-0.15, -0.1) is 0 Å². The SMILES string of the molecule is O=[N+]([O-])c1ccc(Cl)c(-c2nc(-c3cccc(C(F)(F)F)c3)no2)c1. The number of hydrogen-bond acceptors (Lipinski definition) is 5. The molecule has 0 saturated heterocycles. The summed E-state index contributed by atoms with van der Waals surface area (Å²) in [6.07, 6.45) is -4.51. The van der Waals surface area contributed by atoms with E-state index in [1.54, 1.807) is 0 Å². The van der Waals surface area contributed by atoms with Gasteiger partial charge < -0.3 is 4.52 Å². The summed E-state index contributed by atoms with van der Waals surface area (Å²) in [6, 6.07) is 8.05. The molecule has 3 rings (SSSR count). The lowest BCUT2D eigenvalue weighted by Crippen LogP contribution is -2.04. The average molecular weight is 370 g/mol. The molecule has 2 aromatic carbocycles. The highest BCUT2D eigenvalue weighted by atomic mass is 35.5. The number of aromatic nitrogens is 2. The quantitative estimate of drug-likeness (QED) is 0.480. The van der Waals surface area contributed by atoms with Gasteiger partial charge in [0.15, 0.2) is 0 Å². The Labute approximate surface area is 143 Å². The number of hydrogen-bond donors (Lipinski definition) is 0. The first kappa shape index (κ1) is 16.9. The van der Waals surface area contributed by atoms with Crippen molar-refractivity contribution in [2.24, 2.45) is 0 Å². The van der Waals surface area contributed by atoms with Gasteiger partial charge in [-0.1, -0.05) is 28.9 Å². The normalized spacial score (nSPS) is 11.5. The van der Waals surface area contributed by atoms with E-state index >= 15 is 0 Å². The minimum atomic E-state index is -4.51. The third-order valence-corrected chi connectivity index (χ3v) is 3.59. The van der Waals surface area contributed by atoms with Crippen LogP contribution in [-0.4, -0.2) is 15.1 Å². The molecule has 0 aliphatic heterocycles. The van der Waals surface area contributed by atoms with Gasteiger partial charge in [-0.3, -0.25) is 10.1 Å². The maximum atomic E-state index is 12.8. The number of non-ortho nitro benzene ring substituents is 1. The third kappa shape index (κ3) is 3.45. The lowest BCUT2D eigenvalue weighted by molar-refractivity contribution is -0.384. The van der Waals surface area contributed by atoms with Gasteiger partial charge in [0.1, 0.15) is 0 Å². The Morgan fingerprint density at radius 3 is 2.60 bits per heavy atom. The summed E-state index contributed by atoms with van der Waals surface area (Å²) in [6.45, 7) is 0. The maximum absolute atomic E-state index is 12.8. The van der Waals surface area contributed by atoms with E-state index in [2.05, 4.69) is 10.1 Å². The van der Waals surface area contributed by atoms with Crippen LogP contribution >= 0.6 is 11.6 Å². The van der Waals surface area contributed by atoms with Gasteiger partial charge in [0.05, 0.1) is 21.1 Å². The zero-order chi connectivity index (χ0) is 18.2. The molecule has 0 fully saturated rings. The summed E-state index contributed by atoms with van der Waals surface area (Å²) in [5.74, 6) is -0.232. The van der Waals surface area contributed by atoms with Crippen LogP contribution < -0.4 is 0 Å². The number of nitro groups is 1. The molecule has 0 bridgehead atoms. The number of nitro benzene ring substituents is 1. The summed E-state index contributed by atoms with van der Waals surface area (Å²) in [7, 11) is 0. The highest BCUT2D eigenvalue weighted by Crippen LogP contribution is 2.34. The molecule has 25 heavy (non-hydrogen) atoms. The lowest BCUT2D eigenvalue weighted by Gasteiger charge is -2.06. The van der Waals surface area contributed by atoms with Crippen LogP contribution in [0.1, 0.15) is 5.56 Å². The van der Waals surface area contributed by atoms with E-state index in [-0.39, 0.29) is 33.6 Å². The molecular formula is C15H7ClF3N3O3. The van der Waals surface area contributed by atoms with Crippen molar-refractivity contribution in [3.05, 3.63) is 63.2 Å². The highest BCUT2D eigenvalue weighted by molar-refractivity contribution is 6.33. The molecule has 128 valence electrons. The van der Waals surface area contributed by atoms with Crippen molar-refractivity contribution < 1.29 is 22.6 Å². The molecule has 0 aliphatic carbocycles. The lowest BCUT2D eigenvalue weighted by atomic mass is 10.1. The van der Waals surface area contributed by atoms with Crippen LogP contribution in [0.4, 0.5) is 18.9 Å². The van der Waals surface area contributed by atoms with E-state index in [1.807, 2.05) is 0 Å². The van der Waals surface area contributed by atoms with Gasteiger partial charge in [-0.2, -0.15) is 18.2 Å². The largest absolute Gasteiger partial charge is 0.416 e. The van der Waals surface area contributed by atoms with E-state index in [4.69, 9.17) is 16.1 Å². The zero-order valence-corrected chi connectivity index (χ0v) is 12.9. The Morgan fingerprint density at radius 2 is 1.92 bits per heavy atom. The molecule has 1 aromatic heterocycles. The van der Waals surface area contributed by atoms with Crippen LogP contribution in [0, 0.1) is 10.1 Å². The third-order valence-electron chi connectivity index (χ3n) is 3.27. The van der Waals surface area contributed by atoms with E-state index in [0.717, 1.165) is 18.2 Å². The minimum Gasteiger partial charge on any atom is -0.334 e. The van der Waals surface area contributed by atoms with Crippen molar-refractivity contribution in [3.8, 4) is 22.8 Å². The van der Waals surface area contributed by atoms with Gasteiger partial charge >= 0.3 is 6.18 Å². The number of halogens is 4. The predicted octanol–water partition coefficient (Wildman–Crippen LogP) is 4.98. The summed E-state index contributed by atoms with van der Waals surface area (Å²) < 4.78 is 43.3. The number of benzene rings is 2. The van der Waals surface area contributed by atoms with E-state index < -0.39 is 16.7 Å². The fourth-order valence-electron chi connectivity index (χ4n) is 2.08. The van der Waals surface area contributed by atoms with Gasteiger partial charge in [-0.05, 0) is 18.2 Å². The molecule has 3 aromatic rings. The van der Waals surface area contributed by atoms with Crippen LogP contribution in [0.15, 0.2) is 47.0 Å². The molecule has 6 nitrogen and oxygen atoms in total. The Hall–Kier alpha value is -2.94. The van der Waals surface area contributed by atoms with Crippen LogP contribution in [-0.2, 0) is 6.18 Å². The fraction of sp³-hybridized carbons (Fsp3) is 0.0667. The molecule has 0 saturated carbocycles. The Bertz CT molecular complexity index is 956. The van der Waals surface area contributed by atoms with Crippen molar-refractivity contribution in [2.45, 2.75) is 6.18 Å². The molecule has 1 heterocycles. The van der Waals surface area contributed by atoms with Gasteiger partial charge in [0.25, 0.3) is 11.6 Å². The van der Waals surface area contributed by atoms with E-state index in [9.17, 15) is 23.3 Å². The summed E-state index contributed by atoms with van der Waals surface area (Å²) in [5.41, 5.74) is -0.893. The summed E-state index contributed by atoms with van der Waals surface area (Å²) >= 11 is 5.98. The van der Waals surface area contributed by atoms with Gasteiger partial charge in [-0.25, -0.2) is 0 Å². The van der Waals surface area contributed by atoms with Crippen molar-refractivity contribution >= 4 is 17.3 Å². The highest BCUT2D eigenvalue weighted by Gasteiger charge is 2.30. The standard InChI is InChI=1S/C15H7ClF3N3O3/c16-12-5-4-10(22(23)24)7-11(12)14-20-13(21-25-14)8-2-1-3-9(6-8)15(17,18)19/h1-7H. The first-order valence-electron chi connectivity index (χ1n) is 6.71. The second kappa shape index (κ2) is 6.17. The first-order chi connectivity index (χ1) is 11.8. The monoisotopic (exact) mass is 369 g/mol. The second-order valence-electron chi connectivity index (χ2n) is 4.92. The maximum Gasteiger partial charge on any atom is 0.416 e. The molecule has 0 aliphatic rings. The number of rotatable bonds is 3. The summed E-state index contributed by atoms with van der Waals surface area (Å²) in [5, 5.41) is 14.6. The number of alkyl halides is 3. The molecule has 10 heteroatoms. The molecule has 0 spiro atoms.